The van der Waals surface area contributed by atoms with Gasteiger partial charge in [-0.1, -0.05) is 28.1 Å². The summed E-state index contributed by atoms with van der Waals surface area (Å²) in [7, 11) is 0. The molecule has 7 heteroatoms. The first-order valence-corrected chi connectivity index (χ1v) is 7.62. The molecule has 0 bridgehead atoms. The molecule has 0 aliphatic rings. The van der Waals surface area contributed by atoms with Crippen molar-refractivity contribution in [3.63, 3.8) is 0 Å². The summed E-state index contributed by atoms with van der Waals surface area (Å²) in [4.78, 5) is 12.0. The van der Waals surface area contributed by atoms with E-state index in [9.17, 15) is 4.79 Å². The van der Waals surface area contributed by atoms with Crippen LogP contribution in [0.25, 0.3) is 11.5 Å². The van der Waals surface area contributed by atoms with Crippen LogP contribution in [0.15, 0.2) is 56.5 Å². The number of benzene rings is 1. The van der Waals surface area contributed by atoms with Crippen LogP contribution in [0.2, 0.25) is 0 Å². The number of H-pyrrole nitrogens is 1. The number of nitrogens with one attached hydrogen (secondary N) is 2. The van der Waals surface area contributed by atoms with Gasteiger partial charge in [-0.15, -0.1) is 0 Å². The molecule has 0 radical (unpaired) electrons. The molecule has 2 N–H and O–H groups in total. The van der Waals surface area contributed by atoms with E-state index in [1.54, 1.807) is 12.3 Å². The Morgan fingerprint density at radius 3 is 2.96 bits per heavy atom. The number of hydrazone groups is 1. The van der Waals surface area contributed by atoms with Gasteiger partial charge in [0.05, 0.1) is 6.21 Å². The third kappa shape index (κ3) is 3.75. The lowest BCUT2D eigenvalue weighted by atomic mass is 10.2. The van der Waals surface area contributed by atoms with Gasteiger partial charge in [-0.05, 0) is 36.8 Å². The zero-order chi connectivity index (χ0) is 16.2. The Hall–Kier alpha value is -2.67. The van der Waals surface area contributed by atoms with Crippen LogP contribution in [-0.4, -0.2) is 22.3 Å². The molecule has 0 unspecified atom stereocenters. The van der Waals surface area contributed by atoms with Crippen molar-refractivity contribution in [1.82, 2.24) is 15.6 Å². The Bertz CT molecular complexity index is 866. The Labute approximate surface area is 140 Å². The molecule has 116 valence electrons. The van der Waals surface area contributed by atoms with Crippen LogP contribution in [0.5, 0.6) is 0 Å². The van der Waals surface area contributed by atoms with E-state index in [1.165, 1.54) is 0 Å². The fourth-order valence-corrected chi connectivity index (χ4v) is 2.37. The maximum absolute atomic E-state index is 12.0. The van der Waals surface area contributed by atoms with E-state index >= 15 is 0 Å². The minimum atomic E-state index is -0.401. The molecule has 0 saturated heterocycles. The molecule has 0 fully saturated rings. The van der Waals surface area contributed by atoms with Gasteiger partial charge in [0.15, 0.2) is 11.5 Å². The fourth-order valence-electron chi connectivity index (χ4n) is 1.95. The lowest BCUT2D eigenvalue weighted by Gasteiger charge is -1.96. The first-order valence-electron chi connectivity index (χ1n) is 6.83. The van der Waals surface area contributed by atoms with Gasteiger partial charge in [-0.25, -0.2) is 5.43 Å². The number of hydrogen-bond donors (Lipinski definition) is 2. The number of carbonyl (C=O) groups excluding carboxylic acids is 1. The van der Waals surface area contributed by atoms with E-state index in [4.69, 9.17) is 4.42 Å². The summed E-state index contributed by atoms with van der Waals surface area (Å²) in [5, 5.41) is 10.7. The smallest absolute Gasteiger partial charge is 0.291 e. The third-order valence-electron chi connectivity index (χ3n) is 3.04. The summed E-state index contributed by atoms with van der Waals surface area (Å²) in [6, 6.07) is 12.8. The van der Waals surface area contributed by atoms with Gasteiger partial charge >= 0.3 is 0 Å². The molecule has 2 heterocycles. The normalized spacial score (nSPS) is 11.0. The zero-order valence-corrected chi connectivity index (χ0v) is 13.8. The zero-order valence-electron chi connectivity index (χ0n) is 12.2. The molecule has 0 aliphatic carbocycles. The van der Waals surface area contributed by atoms with Crippen molar-refractivity contribution in [2.24, 2.45) is 5.10 Å². The average molecular weight is 373 g/mol. The molecule has 3 aromatic rings. The number of carbonyl (C=O) groups is 1. The van der Waals surface area contributed by atoms with Crippen molar-refractivity contribution in [3.05, 3.63) is 64.0 Å². The number of aryl methyl sites for hydroxylation is 1. The second-order valence-electron chi connectivity index (χ2n) is 4.83. The van der Waals surface area contributed by atoms with E-state index < -0.39 is 5.91 Å². The highest BCUT2D eigenvalue weighted by Crippen LogP contribution is 2.20. The summed E-state index contributed by atoms with van der Waals surface area (Å²) in [6.07, 6.45) is 1.56. The predicted octanol–water partition coefficient (Wildman–Crippen LogP) is 3.50. The summed E-state index contributed by atoms with van der Waals surface area (Å²) >= 11 is 3.37. The van der Waals surface area contributed by atoms with Gasteiger partial charge < -0.3 is 4.42 Å². The summed E-state index contributed by atoms with van der Waals surface area (Å²) in [5.74, 6) is 1.02. The number of furan rings is 1. The van der Waals surface area contributed by atoms with Crippen molar-refractivity contribution < 1.29 is 9.21 Å². The largest absolute Gasteiger partial charge is 0.460 e. The van der Waals surface area contributed by atoms with Crippen molar-refractivity contribution in [1.29, 1.82) is 0 Å². The number of rotatable bonds is 4. The van der Waals surface area contributed by atoms with Crippen LogP contribution < -0.4 is 5.43 Å². The van der Waals surface area contributed by atoms with Crippen LogP contribution in [0.4, 0.5) is 0 Å². The molecule has 0 aliphatic heterocycles. The minimum absolute atomic E-state index is 0.237. The summed E-state index contributed by atoms with van der Waals surface area (Å²) in [6.45, 7) is 1.85. The molecule has 2 aromatic heterocycles. The van der Waals surface area contributed by atoms with Crippen LogP contribution in [0.3, 0.4) is 0 Å². The predicted molar refractivity (Wildman–Crippen MR) is 90.2 cm³/mol. The average Bonchev–Trinajstić information content (AvgIpc) is 3.16. The lowest BCUT2D eigenvalue weighted by Crippen LogP contribution is -2.17. The Balaban J connectivity index is 1.66. The first kappa shape index (κ1) is 15.2. The number of halogens is 1. The highest BCUT2D eigenvalue weighted by molar-refractivity contribution is 9.10. The van der Waals surface area contributed by atoms with Crippen molar-refractivity contribution in [3.8, 4) is 11.5 Å². The molecule has 23 heavy (non-hydrogen) atoms. The van der Waals surface area contributed by atoms with Crippen LogP contribution in [-0.2, 0) is 0 Å². The quantitative estimate of drug-likeness (QED) is 0.542. The molecular formula is C16H13BrN4O2. The SMILES string of the molecule is Cc1ccc(-c2cc(C(=O)N/N=C\c3cccc(Br)c3)n[nH]2)o1. The van der Waals surface area contributed by atoms with Crippen molar-refractivity contribution >= 4 is 28.1 Å². The van der Waals surface area contributed by atoms with Crippen molar-refractivity contribution in [2.75, 3.05) is 0 Å². The van der Waals surface area contributed by atoms with Gasteiger partial charge in [0.1, 0.15) is 11.5 Å². The third-order valence-corrected chi connectivity index (χ3v) is 3.54. The maximum Gasteiger partial charge on any atom is 0.291 e. The fraction of sp³-hybridized carbons (Fsp3) is 0.0625. The molecule has 1 aromatic carbocycles. The second-order valence-corrected chi connectivity index (χ2v) is 5.75. The van der Waals surface area contributed by atoms with Crippen LogP contribution >= 0.6 is 15.9 Å². The Kier molecular flexibility index (Phi) is 4.38. The van der Waals surface area contributed by atoms with Crippen LogP contribution in [0, 0.1) is 6.92 Å². The Morgan fingerprint density at radius 1 is 1.35 bits per heavy atom. The highest BCUT2D eigenvalue weighted by Gasteiger charge is 2.12. The first-order chi connectivity index (χ1) is 11.1. The number of hydrogen-bond acceptors (Lipinski definition) is 4. The van der Waals surface area contributed by atoms with E-state index in [1.807, 2.05) is 43.3 Å². The molecule has 0 spiro atoms. The minimum Gasteiger partial charge on any atom is -0.460 e. The molecule has 3 rings (SSSR count). The van der Waals surface area contributed by atoms with Gasteiger partial charge in [-0.3, -0.25) is 9.89 Å². The van der Waals surface area contributed by atoms with E-state index in [0.717, 1.165) is 15.8 Å². The van der Waals surface area contributed by atoms with Gasteiger partial charge in [0.2, 0.25) is 0 Å². The second kappa shape index (κ2) is 6.62. The number of aromatic nitrogens is 2. The number of amides is 1. The summed E-state index contributed by atoms with van der Waals surface area (Å²) < 4.78 is 6.42. The standard InChI is InChI=1S/C16H13BrN4O2/c1-10-5-6-15(23-10)13-8-14(20-19-13)16(22)21-18-9-11-3-2-4-12(17)7-11/h2-9H,1H3,(H,19,20)(H,21,22)/b18-9-. The van der Waals surface area contributed by atoms with E-state index in [-0.39, 0.29) is 5.69 Å². The Morgan fingerprint density at radius 2 is 2.22 bits per heavy atom. The van der Waals surface area contributed by atoms with E-state index in [0.29, 0.717) is 11.5 Å². The summed E-state index contributed by atoms with van der Waals surface area (Å²) in [5.41, 5.74) is 4.18. The van der Waals surface area contributed by atoms with E-state index in [2.05, 4.69) is 36.7 Å². The molecular weight excluding hydrogens is 360 g/mol. The topological polar surface area (TPSA) is 83.3 Å². The van der Waals surface area contributed by atoms with Gasteiger partial charge in [0.25, 0.3) is 5.91 Å². The maximum atomic E-state index is 12.0. The van der Waals surface area contributed by atoms with Crippen LogP contribution in [0.1, 0.15) is 21.8 Å². The van der Waals surface area contributed by atoms with Crippen molar-refractivity contribution in [2.45, 2.75) is 6.92 Å². The van der Waals surface area contributed by atoms with Gasteiger partial charge in [-0.2, -0.15) is 10.2 Å². The lowest BCUT2D eigenvalue weighted by molar-refractivity contribution is 0.0950. The van der Waals surface area contributed by atoms with Gasteiger partial charge in [0, 0.05) is 10.5 Å². The molecule has 0 atom stereocenters. The molecule has 6 nitrogen and oxygen atoms in total. The number of aromatic amines is 1. The monoisotopic (exact) mass is 372 g/mol. The number of nitrogens with zero attached hydrogens (tertiary/aromatic N) is 2. The molecule has 0 saturated carbocycles. The highest BCUT2D eigenvalue weighted by atomic mass is 79.9. The molecule has 1 amide bonds.